The van der Waals surface area contributed by atoms with E-state index < -0.39 is 0 Å². The molecule has 5 nitrogen and oxygen atoms in total. The molecule has 0 radical (unpaired) electrons. The Hall–Kier alpha value is -2.69. The quantitative estimate of drug-likeness (QED) is 0.771. The summed E-state index contributed by atoms with van der Waals surface area (Å²) >= 11 is 0. The lowest BCUT2D eigenvalue weighted by atomic mass is 10.1. The van der Waals surface area contributed by atoms with Gasteiger partial charge in [-0.05, 0) is 37.6 Å². The maximum Gasteiger partial charge on any atom is 0.261 e. The van der Waals surface area contributed by atoms with Crippen molar-refractivity contribution in [3.63, 3.8) is 0 Å². The van der Waals surface area contributed by atoms with Crippen LogP contribution >= 0.6 is 0 Å². The minimum absolute atomic E-state index is 0.378. The van der Waals surface area contributed by atoms with Gasteiger partial charge in [-0.15, -0.1) is 0 Å². The van der Waals surface area contributed by atoms with Gasteiger partial charge in [-0.1, -0.05) is 22.9 Å². The van der Waals surface area contributed by atoms with Crippen molar-refractivity contribution in [2.45, 2.75) is 13.8 Å². The van der Waals surface area contributed by atoms with Crippen LogP contribution in [0.15, 0.2) is 41.1 Å². The third-order valence-corrected chi connectivity index (χ3v) is 3.13. The Morgan fingerprint density at radius 2 is 1.95 bits per heavy atom. The van der Waals surface area contributed by atoms with Gasteiger partial charge in [-0.2, -0.15) is 4.98 Å². The number of aromatic nitrogens is 3. The number of anilines is 1. The van der Waals surface area contributed by atoms with E-state index >= 15 is 0 Å². The molecule has 100 valence electrons. The fourth-order valence-corrected chi connectivity index (χ4v) is 2.02. The minimum atomic E-state index is 0.378. The van der Waals surface area contributed by atoms with Crippen LogP contribution in [0, 0.1) is 13.8 Å². The van der Waals surface area contributed by atoms with Crippen molar-refractivity contribution in [3.8, 4) is 22.8 Å². The topological polar surface area (TPSA) is 77.8 Å². The zero-order chi connectivity index (χ0) is 14.1. The lowest BCUT2D eigenvalue weighted by molar-refractivity contribution is 0.432. The molecule has 0 saturated heterocycles. The van der Waals surface area contributed by atoms with Gasteiger partial charge < -0.3 is 10.3 Å². The van der Waals surface area contributed by atoms with Crippen LogP contribution in [0.25, 0.3) is 22.8 Å². The van der Waals surface area contributed by atoms with Crippen LogP contribution in [-0.2, 0) is 0 Å². The van der Waals surface area contributed by atoms with Crippen molar-refractivity contribution in [2.24, 2.45) is 0 Å². The third-order valence-electron chi connectivity index (χ3n) is 3.13. The Morgan fingerprint density at radius 1 is 1.10 bits per heavy atom. The zero-order valence-corrected chi connectivity index (χ0v) is 11.3. The molecule has 0 saturated carbocycles. The monoisotopic (exact) mass is 266 g/mol. The van der Waals surface area contributed by atoms with Crippen LogP contribution in [0.4, 0.5) is 5.82 Å². The summed E-state index contributed by atoms with van der Waals surface area (Å²) in [5.74, 6) is 1.32. The molecular weight excluding hydrogens is 252 g/mol. The van der Waals surface area contributed by atoms with Crippen molar-refractivity contribution in [1.29, 1.82) is 0 Å². The van der Waals surface area contributed by atoms with Crippen LogP contribution in [-0.4, -0.2) is 15.1 Å². The summed E-state index contributed by atoms with van der Waals surface area (Å²) in [4.78, 5) is 8.43. The van der Waals surface area contributed by atoms with Crippen molar-refractivity contribution >= 4 is 5.82 Å². The highest BCUT2D eigenvalue weighted by atomic mass is 16.5. The highest BCUT2D eigenvalue weighted by Gasteiger charge is 2.14. The van der Waals surface area contributed by atoms with E-state index in [0.717, 1.165) is 16.7 Å². The molecule has 0 bridgehead atoms. The fourth-order valence-electron chi connectivity index (χ4n) is 2.02. The number of nitrogen functional groups attached to an aromatic ring is 1. The van der Waals surface area contributed by atoms with Gasteiger partial charge in [0.15, 0.2) is 0 Å². The molecule has 0 atom stereocenters. The van der Waals surface area contributed by atoms with E-state index in [9.17, 15) is 0 Å². The predicted molar refractivity (Wildman–Crippen MR) is 76.9 cm³/mol. The fraction of sp³-hybridized carbons (Fsp3) is 0.133. The summed E-state index contributed by atoms with van der Waals surface area (Å²) < 4.78 is 5.30. The minimum Gasteiger partial charge on any atom is -0.383 e. The molecule has 1 aromatic carbocycles. The summed E-state index contributed by atoms with van der Waals surface area (Å²) in [6, 6.07) is 9.73. The highest BCUT2D eigenvalue weighted by molar-refractivity contribution is 5.69. The van der Waals surface area contributed by atoms with Gasteiger partial charge in [-0.3, -0.25) is 0 Å². The molecule has 20 heavy (non-hydrogen) atoms. The van der Waals surface area contributed by atoms with E-state index in [1.807, 2.05) is 32.0 Å². The first kappa shape index (κ1) is 12.3. The maximum atomic E-state index is 5.82. The molecule has 2 aromatic heterocycles. The molecule has 0 amide bonds. The van der Waals surface area contributed by atoms with Crippen molar-refractivity contribution in [3.05, 3.63) is 47.7 Å². The largest absolute Gasteiger partial charge is 0.383 e. The summed E-state index contributed by atoms with van der Waals surface area (Å²) in [6.07, 6.45) is 1.63. The first-order chi connectivity index (χ1) is 9.65. The number of hydrogen-bond acceptors (Lipinski definition) is 5. The van der Waals surface area contributed by atoms with Crippen molar-refractivity contribution in [2.75, 3.05) is 5.73 Å². The van der Waals surface area contributed by atoms with Gasteiger partial charge in [0.25, 0.3) is 5.89 Å². The molecule has 0 aliphatic carbocycles. The molecule has 0 fully saturated rings. The number of nitrogens with zero attached hydrogens (tertiary/aromatic N) is 3. The average Bonchev–Trinajstić information content (AvgIpc) is 2.91. The van der Waals surface area contributed by atoms with E-state index in [1.165, 1.54) is 0 Å². The standard InChI is InChI=1S/C15H14N4O/c1-9-5-6-10(2)12(8-9)14-18-15(20-19-14)11-4-3-7-17-13(11)16/h3-8H,1-2H3,(H2,16,17). The van der Waals surface area contributed by atoms with E-state index in [-0.39, 0.29) is 0 Å². The molecule has 5 heteroatoms. The molecular formula is C15H14N4O. The first-order valence-electron chi connectivity index (χ1n) is 6.27. The lowest BCUT2D eigenvalue weighted by Crippen LogP contribution is -1.93. The van der Waals surface area contributed by atoms with E-state index in [4.69, 9.17) is 10.3 Å². The Kier molecular flexibility index (Phi) is 2.95. The normalized spacial score (nSPS) is 10.7. The number of nitrogens with two attached hydrogens (primary N) is 1. The van der Waals surface area contributed by atoms with E-state index in [2.05, 4.69) is 21.2 Å². The third kappa shape index (κ3) is 2.14. The van der Waals surface area contributed by atoms with Crippen molar-refractivity contribution < 1.29 is 4.52 Å². The second-order valence-corrected chi connectivity index (χ2v) is 4.68. The van der Waals surface area contributed by atoms with Crippen LogP contribution < -0.4 is 5.73 Å². The predicted octanol–water partition coefficient (Wildman–Crippen LogP) is 3.00. The molecule has 0 spiro atoms. The molecule has 0 unspecified atom stereocenters. The summed E-state index contributed by atoms with van der Waals surface area (Å²) in [7, 11) is 0. The average molecular weight is 266 g/mol. The summed E-state index contributed by atoms with van der Waals surface area (Å²) in [5.41, 5.74) is 9.68. The molecule has 3 rings (SSSR count). The zero-order valence-electron chi connectivity index (χ0n) is 11.3. The highest BCUT2D eigenvalue weighted by Crippen LogP contribution is 2.27. The first-order valence-corrected chi connectivity index (χ1v) is 6.27. The maximum absolute atomic E-state index is 5.82. The van der Waals surface area contributed by atoms with Gasteiger partial charge in [0.05, 0.1) is 5.56 Å². The number of pyridine rings is 1. The molecule has 2 N–H and O–H groups in total. The van der Waals surface area contributed by atoms with Gasteiger partial charge >= 0.3 is 0 Å². The van der Waals surface area contributed by atoms with Crippen LogP contribution in [0.2, 0.25) is 0 Å². The Bertz CT molecular complexity index is 764. The Labute approximate surface area is 116 Å². The van der Waals surface area contributed by atoms with Crippen LogP contribution in [0.3, 0.4) is 0 Å². The van der Waals surface area contributed by atoms with Crippen molar-refractivity contribution in [1.82, 2.24) is 15.1 Å². The summed E-state index contributed by atoms with van der Waals surface area (Å²) in [5, 5.41) is 4.04. The number of benzene rings is 1. The summed E-state index contributed by atoms with van der Waals surface area (Å²) in [6.45, 7) is 4.05. The van der Waals surface area contributed by atoms with Gasteiger partial charge in [0, 0.05) is 11.8 Å². The van der Waals surface area contributed by atoms with Crippen LogP contribution in [0.1, 0.15) is 11.1 Å². The Morgan fingerprint density at radius 3 is 2.75 bits per heavy atom. The molecule has 2 heterocycles. The smallest absolute Gasteiger partial charge is 0.261 e. The lowest BCUT2D eigenvalue weighted by Gasteiger charge is -2.01. The van der Waals surface area contributed by atoms with Gasteiger partial charge in [0.2, 0.25) is 5.82 Å². The second-order valence-electron chi connectivity index (χ2n) is 4.68. The molecule has 3 aromatic rings. The SMILES string of the molecule is Cc1ccc(C)c(-c2noc(-c3cccnc3N)n2)c1. The van der Waals surface area contributed by atoms with Gasteiger partial charge in [0.1, 0.15) is 5.82 Å². The number of aryl methyl sites for hydroxylation is 2. The van der Waals surface area contributed by atoms with E-state index in [1.54, 1.807) is 12.3 Å². The van der Waals surface area contributed by atoms with Gasteiger partial charge in [-0.25, -0.2) is 4.98 Å². The second kappa shape index (κ2) is 4.77. The van der Waals surface area contributed by atoms with E-state index in [0.29, 0.717) is 23.1 Å². The number of hydrogen-bond donors (Lipinski definition) is 1. The van der Waals surface area contributed by atoms with Crippen LogP contribution in [0.5, 0.6) is 0 Å². The molecule has 0 aliphatic rings. The number of rotatable bonds is 2. The molecule has 0 aliphatic heterocycles. The Balaban J connectivity index is 2.07.